The second-order valence-electron chi connectivity index (χ2n) is 5.83. The van der Waals surface area contributed by atoms with Gasteiger partial charge in [-0.1, -0.05) is 53.5 Å². The number of rotatable bonds is 4. The van der Waals surface area contributed by atoms with Gasteiger partial charge in [-0.15, -0.1) is 0 Å². The zero-order valence-electron chi connectivity index (χ0n) is 12.0. The number of hydrogen-bond donors (Lipinski definition) is 1. The Morgan fingerprint density at radius 2 is 1.67 bits per heavy atom. The number of benzene rings is 2. The van der Waals surface area contributed by atoms with Crippen molar-refractivity contribution in [1.82, 2.24) is 5.32 Å². The molecule has 1 aliphatic carbocycles. The van der Waals surface area contributed by atoms with Crippen LogP contribution in [-0.4, -0.2) is 6.04 Å². The Morgan fingerprint density at radius 1 is 1.00 bits per heavy atom. The van der Waals surface area contributed by atoms with Crippen molar-refractivity contribution >= 4 is 23.2 Å². The highest BCUT2D eigenvalue weighted by Gasteiger charge is 2.32. The summed E-state index contributed by atoms with van der Waals surface area (Å²) in [5.74, 6) is 0.591. The molecular weight excluding hydrogens is 301 g/mol. The molecule has 21 heavy (non-hydrogen) atoms. The first-order valence-electron chi connectivity index (χ1n) is 7.39. The van der Waals surface area contributed by atoms with Gasteiger partial charge in [0.25, 0.3) is 0 Å². The molecule has 1 aliphatic rings. The average molecular weight is 320 g/mol. The van der Waals surface area contributed by atoms with E-state index in [1.807, 2.05) is 24.3 Å². The van der Waals surface area contributed by atoms with Crippen LogP contribution >= 0.6 is 23.2 Å². The zero-order chi connectivity index (χ0) is 14.8. The molecule has 0 aromatic heterocycles. The van der Waals surface area contributed by atoms with Gasteiger partial charge in [-0.3, -0.25) is 0 Å². The van der Waals surface area contributed by atoms with Crippen LogP contribution in [0.5, 0.6) is 0 Å². The van der Waals surface area contributed by atoms with Crippen LogP contribution in [-0.2, 0) is 0 Å². The molecule has 1 saturated carbocycles. The van der Waals surface area contributed by atoms with Crippen LogP contribution in [0.3, 0.4) is 0 Å². The van der Waals surface area contributed by atoms with E-state index in [1.54, 1.807) is 0 Å². The first-order valence-corrected chi connectivity index (χ1v) is 8.15. The Kier molecular flexibility index (Phi) is 4.54. The third kappa shape index (κ3) is 3.42. The molecule has 0 aliphatic heterocycles. The minimum Gasteiger partial charge on any atom is -0.307 e. The van der Waals surface area contributed by atoms with Gasteiger partial charge < -0.3 is 5.32 Å². The monoisotopic (exact) mass is 319 g/mol. The lowest BCUT2D eigenvalue weighted by molar-refractivity contribution is 0.271. The maximum atomic E-state index is 6.26. The SMILES string of the molecule is C[C@H](NC1CC(c2ccccc2Cl)C1)c1ccc(Cl)cc1. The molecular formula is C18H19Cl2N. The van der Waals surface area contributed by atoms with Crippen molar-refractivity contribution in [1.29, 1.82) is 0 Å². The third-order valence-electron chi connectivity index (χ3n) is 4.34. The molecule has 0 unspecified atom stereocenters. The second-order valence-corrected chi connectivity index (χ2v) is 6.67. The molecule has 110 valence electrons. The lowest BCUT2D eigenvalue weighted by atomic mass is 9.75. The lowest BCUT2D eigenvalue weighted by Crippen LogP contribution is -2.41. The highest BCUT2D eigenvalue weighted by molar-refractivity contribution is 6.31. The molecule has 1 N–H and O–H groups in total. The molecule has 0 bridgehead atoms. The first-order chi connectivity index (χ1) is 10.1. The van der Waals surface area contributed by atoms with Crippen molar-refractivity contribution in [3.8, 4) is 0 Å². The summed E-state index contributed by atoms with van der Waals surface area (Å²) in [5.41, 5.74) is 2.57. The summed E-state index contributed by atoms with van der Waals surface area (Å²) in [7, 11) is 0. The van der Waals surface area contributed by atoms with Crippen molar-refractivity contribution < 1.29 is 0 Å². The van der Waals surface area contributed by atoms with Gasteiger partial charge in [0.15, 0.2) is 0 Å². The Hall–Kier alpha value is -1.02. The molecule has 0 saturated heterocycles. The van der Waals surface area contributed by atoms with Crippen LogP contribution < -0.4 is 5.32 Å². The van der Waals surface area contributed by atoms with Crippen LogP contribution in [0.4, 0.5) is 0 Å². The predicted octanol–water partition coefficient (Wildman–Crippen LogP) is 5.59. The topological polar surface area (TPSA) is 12.0 Å². The van der Waals surface area contributed by atoms with E-state index >= 15 is 0 Å². The van der Waals surface area contributed by atoms with E-state index in [-0.39, 0.29) is 0 Å². The Morgan fingerprint density at radius 3 is 2.33 bits per heavy atom. The van der Waals surface area contributed by atoms with Gasteiger partial charge in [0.1, 0.15) is 0 Å². The fourth-order valence-corrected chi connectivity index (χ4v) is 3.43. The van der Waals surface area contributed by atoms with Crippen LogP contribution in [0, 0.1) is 0 Å². The van der Waals surface area contributed by atoms with Crippen molar-refractivity contribution in [3.05, 3.63) is 69.7 Å². The number of hydrogen-bond acceptors (Lipinski definition) is 1. The zero-order valence-corrected chi connectivity index (χ0v) is 13.5. The molecule has 2 aromatic carbocycles. The summed E-state index contributed by atoms with van der Waals surface area (Å²) in [6.07, 6.45) is 2.31. The highest BCUT2D eigenvalue weighted by atomic mass is 35.5. The van der Waals surface area contributed by atoms with Gasteiger partial charge >= 0.3 is 0 Å². The summed E-state index contributed by atoms with van der Waals surface area (Å²) < 4.78 is 0. The molecule has 3 rings (SSSR count). The highest BCUT2D eigenvalue weighted by Crippen LogP contribution is 2.40. The van der Waals surface area contributed by atoms with Gasteiger partial charge in [0, 0.05) is 22.1 Å². The Balaban J connectivity index is 1.55. The standard InChI is InChI=1S/C18H19Cl2N/c1-12(13-6-8-15(19)9-7-13)21-16-10-14(11-16)17-4-2-3-5-18(17)20/h2-9,12,14,16,21H,10-11H2,1H3/t12-,14?,16?/m0/s1. The Bertz CT molecular complexity index is 603. The van der Waals surface area contributed by atoms with Crippen LogP contribution in [0.2, 0.25) is 10.0 Å². The third-order valence-corrected chi connectivity index (χ3v) is 4.94. The summed E-state index contributed by atoms with van der Waals surface area (Å²) >= 11 is 12.2. The second kappa shape index (κ2) is 6.39. The van der Waals surface area contributed by atoms with E-state index in [9.17, 15) is 0 Å². The van der Waals surface area contributed by atoms with Crippen molar-refractivity contribution in [2.75, 3.05) is 0 Å². The van der Waals surface area contributed by atoms with E-state index in [4.69, 9.17) is 23.2 Å². The minimum atomic E-state index is 0.347. The van der Waals surface area contributed by atoms with Gasteiger partial charge in [0.2, 0.25) is 0 Å². The predicted molar refractivity (Wildman–Crippen MR) is 90.2 cm³/mol. The molecule has 0 heterocycles. The van der Waals surface area contributed by atoms with Crippen LogP contribution in [0.1, 0.15) is 42.9 Å². The van der Waals surface area contributed by atoms with Crippen LogP contribution in [0.25, 0.3) is 0 Å². The number of nitrogens with one attached hydrogen (secondary N) is 1. The summed E-state index contributed by atoms with van der Waals surface area (Å²) in [5, 5.41) is 5.37. The Labute approximate surface area is 136 Å². The first kappa shape index (κ1) is 14.9. The molecule has 1 fully saturated rings. The fraction of sp³-hybridized carbons (Fsp3) is 0.333. The summed E-state index contributed by atoms with van der Waals surface area (Å²) in [4.78, 5) is 0. The van der Waals surface area contributed by atoms with Crippen LogP contribution in [0.15, 0.2) is 48.5 Å². The maximum Gasteiger partial charge on any atom is 0.0440 e. The minimum absolute atomic E-state index is 0.347. The average Bonchev–Trinajstić information content (AvgIpc) is 2.44. The molecule has 1 nitrogen and oxygen atoms in total. The molecule has 0 radical (unpaired) electrons. The van der Waals surface area contributed by atoms with Crippen molar-refractivity contribution in [3.63, 3.8) is 0 Å². The van der Waals surface area contributed by atoms with Gasteiger partial charge in [-0.05, 0) is 55.0 Å². The molecule has 1 atom stereocenters. The van der Waals surface area contributed by atoms with Crippen molar-refractivity contribution in [2.45, 2.75) is 37.8 Å². The lowest BCUT2D eigenvalue weighted by Gasteiger charge is -2.38. The quantitative estimate of drug-likeness (QED) is 0.774. The normalized spacial score (nSPS) is 22.6. The van der Waals surface area contributed by atoms with E-state index in [2.05, 4.69) is 36.5 Å². The molecule has 0 amide bonds. The fourth-order valence-electron chi connectivity index (χ4n) is 3.02. The maximum absolute atomic E-state index is 6.26. The number of halogens is 2. The van der Waals surface area contributed by atoms with E-state index in [0.717, 1.165) is 22.9 Å². The largest absolute Gasteiger partial charge is 0.307 e. The molecule has 3 heteroatoms. The summed E-state index contributed by atoms with van der Waals surface area (Å²) in [6, 6.07) is 17.2. The van der Waals surface area contributed by atoms with Gasteiger partial charge in [-0.2, -0.15) is 0 Å². The smallest absolute Gasteiger partial charge is 0.0440 e. The van der Waals surface area contributed by atoms with Gasteiger partial charge in [-0.25, -0.2) is 0 Å². The van der Waals surface area contributed by atoms with E-state index in [0.29, 0.717) is 18.0 Å². The van der Waals surface area contributed by atoms with Gasteiger partial charge in [0.05, 0.1) is 0 Å². The molecule has 0 spiro atoms. The summed E-state index contributed by atoms with van der Waals surface area (Å²) in [6.45, 7) is 2.20. The van der Waals surface area contributed by atoms with E-state index in [1.165, 1.54) is 11.1 Å². The van der Waals surface area contributed by atoms with Crippen molar-refractivity contribution in [2.24, 2.45) is 0 Å². The molecule has 2 aromatic rings. The van der Waals surface area contributed by atoms with E-state index < -0.39 is 0 Å².